The number of hydrogen-bond donors (Lipinski definition) is 0. The summed E-state index contributed by atoms with van der Waals surface area (Å²) in [5.41, 5.74) is 0. The molecule has 1 unspecified atom stereocenters. The fraction of sp³-hybridized carbons (Fsp3) is 0.880. The predicted octanol–water partition coefficient (Wildman–Crippen LogP) is 5.56. The summed E-state index contributed by atoms with van der Waals surface area (Å²) >= 11 is 0. The quantitative estimate of drug-likeness (QED) is 0.219. The normalized spacial score (nSPS) is 18.2. The molecule has 0 aromatic rings. The Hall–Kier alpha value is -1.59. The molecule has 0 spiro atoms. The highest BCUT2D eigenvalue weighted by atomic mass is 16.5. The second-order valence-electron chi connectivity index (χ2n) is 8.92. The first-order chi connectivity index (χ1) is 15.0. The lowest BCUT2D eigenvalue weighted by molar-refractivity contribution is -0.153. The molecule has 6 nitrogen and oxygen atoms in total. The molecule has 1 rings (SSSR count). The zero-order chi connectivity index (χ0) is 22.9. The van der Waals surface area contributed by atoms with Crippen molar-refractivity contribution >= 4 is 17.8 Å². The molecule has 0 bridgehead atoms. The van der Waals surface area contributed by atoms with E-state index in [0.29, 0.717) is 13.0 Å². The Labute approximate surface area is 189 Å². The van der Waals surface area contributed by atoms with E-state index in [-0.39, 0.29) is 18.4 Å². The van der Waals surface area contributed by atoms with Gasteiger partial charge in [0.1, 0.15) is 12.1 Å². The van der Waals surface area contributed by atoms with E-state index in [1.807, 2.05) is 0 Å². The van der Waals surface area contributed by atoms with Crippen molar-refractivity contribution in [1.29, 1.82) is 0 Å². The van der Waals surface area contributed by atoms with Crippen molar-refractivity contribution in [2.45, 2.75) is 129 Å². The molecule has 1 heterocycles. The van der Waals surface area contributed by atoms with Crippen molar-refractivity contribution in [3.05, 3.63) is 0 Å². The smallest absolute Gasteiger partial charge is 0.329 e. The van der Waals surface area contributed by atoms with Crippen LogP contribution in [0, 0.1) is 0 Å². The van der Waals surface area contributed by atoms with Crippen LogP contribution in [0.15, 0.2) is 0 Å². The first-order valence-electron chi connectivity index (χ1n) is 12.6. The summed E-state index contributed by atoms with van der Waals surface area (Å²) in [6, 6.07) is -0.645. The summed E-state index contributed by atoms with van der Waals surface area (Å²) in [7, 11) is 0. The second kappa shape index (κ2) is 17.0. The van der Waals surface area contributed by atoms with Gasteiger partial charge < -0.3 is 14.4 Å². The number of amides is 1. The van der Waals surface area contributed by atoms with Gasteiger partial charge in [-0.1, -0.05) is 90.4 Å². The molecule has 0 aromatic carbocycles. The van der Waals surface area contributed by atoms with Crippen LogP contribution in [0.2, 0.25) is 0 Å². The molecule has 1 aliphatic rings. The zero-order valence-corrected chi connectivity index (χ0v) is 20.2. The van der Waals surface area contributed by atoms with Crippen LogP contribution in [0.4, 0.5) is 0 Å². The minimum atomic E-state index is -0.645. The van der Waals surface area contributed by atoms with E-state index in [1.54, 1.807) is 0 Å². The van der Waals surface area contributed by atoms with Gasteiger partial charge in [0, 0.05) is 20.3 Å². The van der Waals surface area contributed by atoms with Gasteiger partial charge in [-0.15, -0.1) is 0 Å². The Balaban J connectivity index is 2.00. The summed E-state index contributed by atoms with van der Waals surface area (Å²) in [5.74, 6) is -0.988. The van der Waals surface area contributed by atoms with E-state index in [9.17, 15) is 14.4 Å². The average molecular weight is 440 g/mol. The van der Waals surface area contributed by atoms with Gasteiger partial charge in [-0.2, -0.15) is 0 Å². The summed E-state index contributed by atoms with van der Waals surface area (Å²) in [6.45, 7) is 5.66. The van der Waals surface area contributed by atoms with Gasteiger partial charge in [0.25, 0.3) is 0 Å². The molecule has 6 heteroatoms. The van der Waals surface area contributed by atoms with Crippen LogP contribution in [-0.2, 0) is 23.9 Å². The van der Waals surface area contributed by atoms with Crippen molar-refractivity contribution in [3.63, 3.8) is 0 Å². The minimum absolute atomic E-state index is 0.201. The Morgan fingerprint density at radius 1 is 0.774 bits per heavy atom. The van der Waals surface area contributed by atoms with Crippen molar-refractivity contribution in [3.8, 4) is 0 Å². The standard InChI is InChI=1S/C25H45NO5/c1-4-5-6-7-8-9-10-11-12-13-14-15-16-17-18-30-25(29)24-19-23(31-22(3)28)20-26(24)21(2)27/h23-24H,4-20H2,1-3H3/t23?,24-/m0/s1. The van der Waals surface area contributed by atoms with E-state index in [2.05, 4.69) is 6.92 Å². The van der Waals surface area contributed by atoms with Gasteiger partial charge in [-0.05, 0) is 6.42 Å². The number of carbonyl (C=O) groups excluding carboxylic acids is 3. The Bertz CT molecular complexity index is 522. The monoisotopic (exact) mass is 439 g/mol. The summed E-state index contributed by atoms with van der Waals surface area (Å²) in [5, 5.41) is 0. The van der Waals surface area contributed by atoms with Gasteiger partial charge >= 0.3 is 11.9 Å². The second-order valence-corrected chi connectivity index (χ2v) is 8.92. The van der Waals surface area contributed by atoms with E-state index in [1.165, 1.54) is 95.8 Å². The van der Waals surface area contributed by atoms with Gasteiger partial charge in [-0.3, -0.25) is 9.59 Å². The maximum atomic E-state index is 12.4. The maximum Gasteiger partial charge on any atom is 0.329 e. The lowest BCUT2D eigenvalue weighted by Crippen LogP contribution is -2.40. The molecule has 1 fully saturated rings. The number of nitrogens with zero attached hydrogens (tertiary/aromatic N) is 1. The third-order valence-electron chi connectivity index (χ3n) is 6.01. The summed E-state index contributed by atoms with van der Waals surface area (Å²) in [6.07, 6.45) is 17.9. The van der Waals surface area contributed by atoms with Crippen molar-refractivity contribution in [2.24, 2.45) is 0 Å². The van der Waals surface area contributed by atoms with Crippen molar-refractivity contribution in [2.75, 3.05) is 13.2 Å². The topological polar surface area (TPSA) is 72.9 Å². The molecule has 2 atom stereocenters. The molecule has 0 aromatic heterocycles. The van der Waals surface area contributed by atoms with E-state index in [0.717, 1.165) is 12.8 Å². The third kappa shape index (κ3) is 12.8. The summed E-state index contributed by atoms with van der Waals surface area (Å²) < 4.78 is 10.6. The van der Waals surface area contributed by atoms with E-state index < -0.39 is 18.1 Å². The summed E-state index contributed by atoms with van der Waals surface area (Å²) in [4.78, 5) is 36.7. The number of esters is 2. The molecule has 31 heavy (non-hydrogen) atoms. The predicted molar refractivity (Wildman–Crippen MR) is 123 cm³/mol. The number of hydrogen-bond acceptors (Lipinski definition) is 5. The minimum Gasteiger partial charge on any atom is -0.464 e. The number of carbonyl (C=O) groups is 3. The van der Waals surface area contributed by atoms with Crippen LogP contribution >= 0.6 is 0 Å². The van der Waals surface area contributed by atoms with Crippen LogP contribution in [0.3, 0.4) is 0 Å². The molecule has 1 amide bonds. The Morgan fingerprint density at radius 3 is 1.71 bits per heavy atom. The molecule has 0 saturated carbocycles. The average Bonchev–Trinajstić information content (AvgIpc) is 3.14. The number of likely N-dealkylation sites (tertiary alicyclic amines) is 1. The zero-order valence-electron chi connectivity index (χ0n) is 20.2. The maximum absolute atomic E-state index is 12.4. The lowest BCUT2D eigenvalue weighted by Gasteiger charge is -2.21. The van der Waals surface area contributed by atoms with Crippen molar-refractivity contribution in [1.82, 2.24) is 4.90 Å². The Kier molecular flexibility index (Phi) is 15.1. The van der Waals surface area contributed by atoms with E-state index >= 15 is 0 Å². The fourth-order valence-electron chi connectivity index (χ4n) is 4.25. The van der Waals surface area contributed by atoms with Gasteiger partial charge in [0.15, 0.2) is 0 Å². The number of unbranched alkanes of at least 4 members (excludes halogenated alkanes) is 13. The van der Waals surface area contributed by atoms with Gasteiger partial charge in [-0.25, -0.2) is 4.79 Å². The van der Waals surface area contributed by atoms with Gasteiger partial charge in [0.2, 0.25) is 5.91 Å². The fourth-order valence-corrected chi connectivity index (χ4v) is 4.25. The lowest BCUT2D eigenvalue weighted by atomic mass is 10.0. The van der Waals surface area contributed by atoms with Gasteiger partial charge in [0.05, 0.1) is 13.2 Å². The number of rotatable bonds is 17. The van der Waals surface area contributed by atoms with Crippen LogP contribution < -0.4 is 0 Å². The number of ether oxygens (including phenoxy) is 2. The van der Waals surface area contributed by atoms with E-state index in [4.69, 9.17) is 9.47 Å². The molecular weight excluding hydrogens is 394 g/mol. The Morgan fingerprint density at radius 2 is 1.26 bits per heavy atom. The molecule has 1 aliphatic heterocycles. The van der Waals surface area contributed by atoms with Crippen LogP contribution in [0.25, 0.3) is 0 Å². The first-order valence-corrected chi connectivity index (χ1v) is 12.6. The highest BCUT2D eigenvalue weighted by Crippen LogP contribution is 2.22. The molecule has 1 saturated heterocycles. The highest BCUT2D eigenvalue weighted by molar-refractivity contribution is 5.84. The molecule has 180 valence electrons. The van der Waals surface area contributed by atoms with Crippen LogP contribution in [-0.4, -0.2) is 48.0 Å². The van der Waals surface area contributed by atoms with Crippen LogP contribution in [0.5, 0.6) is 0 Å². The third-order valence-corrected chi connectivity index (χ3v) is 6.01. The molecule has 0 radical (unpaired) electrons. The van der Waals surface area contributed by atoms with Crippen LogP contribution in [0.1, 0.15) is 117 Å². The SMILES string of the molecule is CCCCCCCCCCCCCCCCOC(=O)[C@@H]1CC(OC(C)=O)CN1C(C)=O. The molecule has 0 N–H and O–H groups in total. The highest BCUT2D eigenvalue weighted by Gasteiger charge is 2.40. The first kappa shape index (κ1) is 27.4. The van der Waals surface area contributed by atoms with Crippen molar-refractivity contribution < 1.29 is 23.9 Å². The largest absolute Gasteiger partial charge is 0.464 e. The molecule has 0 aliphatic carbocycles. The molecular formula is C25H45NO5.